The summed E-state index contributed by atoms with van der Waals surface area (Å²) in [5, 5.41) is 8.42. The summed E-state index contributed by atoms with van der Waals surface area (Å²) in [6, 6.07) is 0. The first kappa shape index (κ1) is 13.2. The number of ether oxygens (including phenoxy) is 1. The van der Waals surface area contributed by atoms with Crippen LogP contribution in [0, 0.1) is 0 Å². The van der Waals surface area contributed by atoms with Crippen molar-refractivity contribution in [3.63, 3.8) is 0 Å². The molecular formula is C11H20O3. The molecule has 0 aliphatic heterocycles. The van der Waals surface area contributed by atoms with Gasteiger partial charge in [0.1, 0.15) is 0 Å². The normalized spacial score (nSPS) is 11.7. The first-order valence-electron chi connectivity index (χ1n) is 5.14. The Balaban J connectivity index is 3.31. The van der Waals surface area contributed by atoms with Gasteiger partial charge in [0.05, 0.1) is 6.61 Å². The number of unbranched alkanes of at least 4 members (excludes halogenated alkanes) is 3. The van der Waals surface area contributed by atoms with Crippen LogP contribution >= 0.6 is 0 Å². The summed E-state index contributed by atoms with van der Waals surface area (Å²) < 4.78 is 5.31. The lowest BCUT2D eigenvalue weighted by Crippen LogP contribution is -2.00. The molecule has 0 aromatic heterocycles. The summed E-state index contributed by atoms with van der Waals surface area (Å²) in [7, 11) is 0. The quantitative estimate of drug-likeness (QED) is 0.484. The Morgan fingerprint density at radius 2 is 2.07 bits per heavy atom. The van der Waals surface area contributed by atoms with Crippen LogP contribution in [0.4, 0.5) is 0 Å². The van der Waals surface area contributed by atoms with Gasteiger partial charge in [0.25, 0.3) is 0 Å². The maximum atomic E-state index is 10.3. The van der Waals surface area contributed by atoms with E-state index in [1.165, 1.54) is 25.3 Å². The average molecular weight is 200 g/mol. The lowest BCUT2D eigenvalue weighted by atomic mass is 10.2. The van der Waals surface area contributed by atoms with Gasteiger partial charge in [0.2, 0.25) is 0 Å². The van der Waals surface area contributed by atoms with Crippen molar-refractivity contribution in [1.82, 2.24) is 0 Å². The third kappa shape index (κ3) is 9.26. The maximum Gasteiger partial charge on any atom is 0.328 e. The summed E-state index contributed by atoms with van der Waals surface area (Å²) in [4.78, 5) is 10.3. The number of rotatable bonds is 8. The van der Waals surface area contributed by atoms with Crippen LogP contribution in [0.5, 0.6) is 0 Å². The summed E-state index contributed by atoms with van der Waals surface area (Å²) in [6.07, 6.45) is 5.91. The zero-order chi connectivity index (χ0) is 10.8. The van der Waals surface area contributed by atoms with Crippen molar-refractivity contribution in [2.75, 3.05) is 13.2 Å². The first-order valence-corrected chi connectivity index (χ1v) is 5.14. The number of hydrogen-bond acceptors (Lipinski definition) is 2. The van der Waals surface area contributed by atoms with Crippen molar-refractivity contribution in [3.05, 3.63) is 11.6 Å². The summed E-state index contributed by atoms with van der Waals surface area (Å²) in [5.41, 5.74) is 0.757. The lowest BCUT2D eigenvalue weighted by molar-refractivity contribution is -0.131. The Morgan fingerprint density at radius 1 is 1.36 bits per heavy atom. The molecule has 0 amide bonds. The maximum absolute atomic E-state index is 10.3. The summed E-state index contributed by atoms with van der Waals surface area (Å²) in [5.74, 6) is -0.905. The van der Waals surface area contributed by atoms with Gasteiger partial charge in [-0.05, 0) is 18.9 Å². The molecule has 0 aromatic carbocycles. The third-order valence-corrected chi connectivity index (χ3v) is 1.84. The zero-order valence-electron chi connectivity index (χ0n) is 9.08. The molecule has 1 N–H and O–H groups in total. The van der Waals surface area contributed by atoms with Crippen molar-refractivity contribution in [2.45, 2.75) is 39.5 Å². The Labute approximate surface area is 85.8 Å². The third-order valence-electron chi connectivity index (χ3n) is 1.84. The Kier molecular flexibility index (Phi) is 8.24. The van der Waals surface area contributed by atoms with Crippen LogP contribution in [0.1, 0.15) is 39.5 Å². The van der Waals surface area contributed by atoms with Crippen molar-refractivity contribution >= 4 is 5.97 Å². The van der Waals surface area contributed by atoms with Crippen LogP contribution < -0.4 is 0 Å². The first-order chi connectivity index (χ1) is 6.66. The molecule has 0 saturated carbocycles. The largest absolute Gasteiger partial charge is 0.478 e. The van der Waals surface area contributed by atoms with Crippen LogP contribution in [0.3, 0.4) is 0 Å². The van der Waals surface area contributed by atoms with E-state index in [9.17, 15) is 4.79 Å². The van der Waals surface area contributed by atoms with Crippen molar-refractivity contribution in [2.24, 2.45) is 0 Å². The monoisotopic (exact) mass is 200 g/mol. The van der Waals surface area contributed by atoms with Gasteiger partial charge in [-0.3, -0.25) is 0 Å². The molecule has 0 aliphatic carbocycles. The second kappa shape index (κ2) is 8.75. The molecule has 0 unspecified atom stereocenters. The minimum Gasteiger partial charge on any atom is -0.478 e. The van der Waals surface area contributed by atoms with Crippen LogP contribution in [-0.2, 0) is 9.53 Å². The fourth-order valence-corrected chi connectivity index (χ4v) is 1.12. The van der Waals surface area contributed by atoms with E-state index in [4.69, 9.17) is 9.84 Å². The Morgan fingerprint density at radius 3 is 2.64 bits per heavy atom. The molecule has 0 radical (unpaired) electrons. The molecule has 0 bridgehead atoms. The lowest BCUT2D eigenvalue weighted by Gasteiger charge is -2.03. The van der Waals surface area contributed by atoms with Gasteiger partial charge in [-0.25, -0.2) is 4.79 Å². The van der Waals surface area contributed by atoms with Gasteiger partial charge in [-0.1, -0.05) is 26.2 Å². The fraction of sp³-hybridized carbons (Fsp3) is 0.727. The SMILES string of the molecule is CCCCCCOCC(C)=CC(=O)O. The molecular weight excluding hydrogens is 180 g/mol. The Hall–Kier alpha value is -0.830. The van der Waals surface area contributed by atoms with Gasteiger partial charge in [0.15, 0.2) is 0 Å². The fourth-order valence-electron chi connectivity index (χ4n) is 1.12. The molecule has 3 heteroatoms. The van der Waals surface area contributed by atoms with E-state index in [0.717, 1.165) is 18.6 Å². The van der Waals surface area contributed by atoms with Crippen molar-refractivity contribution < 1.29 is 14.6 Å². The summed E-state index contributed by atoms with van der Waals surface area (Å²) >= 11 is 0. The number of hydrogen-bond donors (Lipinski definition) is 1. The number of carboxylic acids is 1. The van der Waals surface area contributed by atoms with Crippen LogP contribution in [0.2, 0.25) is 0 Å². The van der Waals surface area contributed by atoms with E-state index in [-0.39, 0.29) is 0 Å². The van der Waals surface area contributed by atoms with Crippen LogP contribution in [-0.4, -0.2) is 24.3 Å². The van der Waals surface area contributed by atoms with E-state index in [1.54, 1.807) is 6.92 Å². The molecule has 0 fully saturated rings. The molecule has 0 saturated heterocycles. The van der Waals surface area contributed by atoms with E-state index >= 15 is 0 Å². The molecule has 14 heavy (non-hydrogen) atoms. The minimum atomic E-state index is -0.905. The molecule has 0 spiro atoms. The second-order valence-corrected chi connectivity index (χ2v) is 3.44. The molecule has 0 heterocycles. The van der Waals surface area contributed by atoms with Crippen LogP contribution in [0.15, 0.2) is 11.6 Å². The number of carbonyl (C=O) groups is 1. The zero-order valence-corrected chi connectivity index (χ0v) is 9.08. The number of carboxylic acid groups (broad SMARTS) is 1. The van der Waals surface area contributed by atoms with Gasteiger partial charge >= 0.3 is 5.97 Å². The van der Waals surface area contributed by atoms with Crippen molar-refractivity contribution in [3.8, 4) is 0 Å². The average Bonchev–Trinajstić information content (AvgIpc) is 2.10. The topological polar surface area (TPSA) is 46.5 Å². The number of aliphatic carboxylic acids is 1. The highest BCUT2D eigenvalue weighted by Gasteiger charge is 1.94. The van der Waals surface area contributed by atoms with Crippen LogP contribution in [0.25, 0.3) is 0 Å². The smallest absolute Gasteiger partial charge is 0.328 e. The molecule has 0 atom stereocenters. The molecule has 0 aromatic rings. The molecule has 3 nitrogen and oxygen atoms in total. The van der Waals surface area contributed by atoms with Gasteiger partial charge in [-0.15, -0.1) is 0 Å². The molecule has 0 rings (SSSR count). The highest BCUT2D eigenvalue weighted by molar-refractivity contribution is 5.80. The molecule has 82 valence electrons. The van der Waals surface area contributed by atoms with Gasteiger partial charge < -0.3 is 9.84 Å². The second-order valence-electron chi connectivity index (χ2n) is 3.44. The van der Waals surface area contributed by atoms with E-state index in [2.05, 4.69) is 6.92 Å². The Bertz CT molecular complexity index is 185. The summed E-state index contributed by atoms with van der Waals surface area (Å²) in [6.45, 7) is 5.09. The van der Waals surface area contributed by atoms with E-state index in [0.29, 0.717) is 6.61 Å². The minimum absolute atomic E-state index is 0.429. The predicted octanol–water partition coefficient (Wildman–Crippen LogP) is 2.61. The van der Waals surface area contributed by atoms with Gasteiger partial charge in [-0.2, -0.15) is 0 Å². The predicted molar refractivity (Wildman–Crippen MR) is 56.4 cm³/mol. The van der Waals surface area contributed by atoms with Gasteiger partial charge in [0, 0.05) is 12.7 Å². The molecule has 0 aliphatic rings. The van der Waals surface area contributed by atoms with Crippen molar-refractivity contribution in [1.29, 1.82) is 0 Å². The standard InChI is InChI=1S/C11H20O3/c1-3-4-5-6-7-14-9-10(2)8-11(12)13/h8H,3-7,9H2,1-2H3,(H,12,13). The van der Waals surface area contributed by atoms with E-state index < -0.39 is 5.97 Å². The highest BCUT2D eigenvalue weighted by Crippen LogP contribution is 2.00. The van der Waals surface area contributed by atoms with E-state index in [1.807, 2.05) is 0 Å². The highest BCUT2D eigenvalue weighted by atomic mass is 16.5.